The number of Topliss-reactive ketones (excluding diaryl/α,β-unsaturated/α-hetero) is 1. The number of ketones is 1. The standard InChI is InChI=1S/C24H20BrF4N3O3/c25-17-7-3-5-14(21(17)26)11-30-23(35)19-9-4-10-32(19)20(33)13-31-12-16(22(34)24(27,28)29)15-6-1-2-8-18(15)31/h1-3,5-8,12,19H,4,9-11,13H2,(H,30,35)/t19-/m0/s1. The highest BCUT2D eigenvalue weighted by Gasteiger charge is 2.41. The molecule has 0 saturated carbocycles. The number of halogens is 5. The van der Waals surface area contributed by atoms with Gasteiger partial charge in [-0.25, -0.2) is 4.39 Å². The Balaban J connectivity index is 1.50. The quantitative estimate of drug-likeness (QED) is 0.358. The van der Waals surface area contributed by atoms with E-state index in [1.807, 2.05) is 0 Å². The topological polar surface area (TPSA) is 71.4 Å². The summed E-state index contributed by atoms with van der Waals surface area (Å²) in [6.07, 6.45) is -3.05. The van der Waals surface area contributed by atoms with Crippen LogP contribution in [0.1, 0.15) is 28.8 Å². The van der Waals surface area contributed by atoms with E-state index in [1.54, 1.807) is 12.1 Å². The maximum Gasteiger partial charge on any atom is 0.454 e. The molecule has 2 aromatic carbocycles. The molecule has 0 bridgehead atoms. The Morgan fingerprint density at radius 2 is 1.83 bits per heavy atom. The smallest absolute Gasteiger partial charge is 0.350 e. The summed E-state index contributed by atoms with van der Waals surface area (Å²) in [5.74, 6) is -3.39. The van der Waals surface area contributed by atoms with E-state index >= 15 is 0 Å². The molecule has 11 heteroatoms. The van der Waals surface area contributed by atoms with E-state index in [0.29, 0.717) is 24.9 Å². The molecular formula is C24H20BrF4N3O3. The first-order valence-electron chi connectivity index (χ1n) is 10.8. The number of para-hydroxylation sites is 1. The minimum atomic E-state index is -5.05. The number of hydrogen-bond acceptors (Lipinski definition) is 3. The van der Waals surface area contributed by atoms with Crippen molar-refractivity contribution in [1.29, 1.82) is 0 Å². The SMILES string of the molecule is O=C(NCc1cccc(Br)c1F)[C@@H]1CCCN1C(=O)Cn1cc(C(=O)C(F)(F)F)c2ccccc21. The number of aromatic nitrogens is 1. The van der Waals surface area contributed by atoms with E-state index in [4.69, 9.17) is 0 Å². The highest BCUT2D eigenvalue weighted by molar-refractivity contribution is 9.10. The van der Waals surface area contributed by atoms with Crippen LogP contribution in [0.25, 0.3) is 10.9 Å². The molecule has 1 saturated heterocycles. The Morgan fingerprint density at radius 1 is 1.09 bits per heavy atom. The molecule has 1 N–H and O–H groups in total. The Hall–Kier alpha value is -3.21. The van der Waals surface area contributed by atoms with Crippen LogP contribution < -0.4 is 5.32 Å². The number of hydrogen-bond donors (Lipinski definition) is 1. The van der Waals surface area contributed by atoms with Crippen molar-refractivity contribution in [1.82, 2.24) is 14.8 Å². The molecular weight excluding hydrogens is 534 g/mol. The number of carbonyl (C=O) groups is 3. The van der Waals surface area contributed by atoms with E-state index in [-0.39, 0.29) is 28.5 Å². The summed E-state index contributed by atoms with van der Waals surface area (Å²) in [4.78, 5) is 39.1. The first-order valence-corrected chi connectivity index (χ1v) is 11.6. The molecule has 1 fully saturated rings. The van der Waals surface area contributed by atoms with Crippen molar-refractivity contribution >= 4 is 44.4 Å². The molecule has 0 unspecified atom stereocenters. The van der Waals surface area contributed by atoms with Crippen LogP contribution in [0.2, 0.25) is 0 Å². The number of alkyl halides is 3. The van der Waals surface area contributed by atoms with E-state index in [9.17, 15) is 31.9 Å². The van der Waals surface area contributed by atoms with Gasteiger partial charge < -0.3 is 14.8 Å². The van der Waals surface area contributed by atoms with Gasteiger partial charge in [0.25, 0.3) is 5.78 Å². The van der Waals surface area contributed by atoms with Crippen LogP contribution in [0.4, 0.5) is 17.6 Å². The number of benzene rings is 2. The molecule has 2 amide bonds. The highest BCUT2D eigenvalue weighted by atomic mass is 79.9. The second-order valence-corrected chi connectivity index (χ2v) is 9.04. The second-order valence-electron chi connectivity index (χ2n) is 8.19. The summed E-state index contributed by atoms with van der Waals surface area (Å²) < 4.78 is 54.9. The molecule has 1 aliphatic heterocycles. The van der Waals surface area contributed by atoms with Crippen LogP contribution in [-0.4, -0.2) is 45.8 Å². The van der Waals surface area contributed by atoms with Crippen molar-refractivity contribution in [3.05, 3.63) is 70.1 Å². The van der Waals surface area contributed by atoms with E-state index in [0.717, 1.165) is 6.20 Å². The molecule has 4 rings (SSSR count). The zero-order valence-corrected chi connectivity index (χ0v) is 19.8. The van der Waals surface area contributed by atoms with Gasteiger partial charge in [-0.15, -0.1) is 0 Å². The van der Waals surface area contributed by atoms with Gasteiger partial charge in [0.15, 0.2) is 0 Å². The number of amides is 2. The Kier molecular flexibility index (Phi) is 6.98. The molecule has 0 spiro atoms. The molecule has 1 aliphatic rings. The average molecular weight is 554 g/mol. The first kappa shape index (κ1) is 24.9. The zero-order valence-electron chi connectivity index (χ0n) is 18.2. The fraction of sp³-hybridized carbons (Fsp3) is 0.292. The van der Waals surface area contributed by atoms with Gasteiger partial charge in [0, 0.05) is 35.8 Å². The normalized spacial score (nSPS) is 16.0. The summed E-state index contributed by atoms with van der Waals surface area (Å²) in [5, 5.41) is 2.74. The van der Waals surface area contributed by atoms with E-state index < -0.39 is 41.2 Å². The molecule has 1 atom stereocenters. The number of rotatable bonds is 6. The van der Waals surface area contributed by atoms with Crippen molar-refractivity contribution in [2.45, 2.75) is 38.1 Å². The molecule has 35 heavy (non-hydrogen) atoms. The number of nitrogens with one attached hydrogen (secondary N) is 1. The van der Waals surface area contributed by atoms with Crippen LogP contribution in [0, 0.1) is 5.82 Å². The van der Waals surface area contributed by atoms with Gasteiger partial charge >= 0.3 is 6.18 Å². The summed E-state index contributed by atoms with van der Waals surface area (Å²) >= 11 is 3.09. The summed E-state index contributed by atoms with van der Waals surface area (Å²) in [7, 11) is 0. The van der Waals surface area contributed by atoms with Gasteiger partial charge in [-0.3, -0.25) is 14.4 Å². The van der Waals surface area contributed by atoms with Crippen molar-refractivity contribution < 1.29 is 31.9 Å². The Morgan fingerprint density at radius 3 is 2.57 bits per heavy atom. The lowest BCUT2D eigenvalue weighted by Gasteiger charge is -2.24. The fourth-order valence-corrected chi connectivity index (χ4v) is 4.68. The Bertz CT molecular complexity index is 1300. The molecule has 2 heterocycles. The summed E-state index contributed by atoms with van der Waals surface area (Å²) in [6.45, 7) is -0.0980. The second kappa shape index (κ2) is 9.80. The molecule has 0 aliphatic carbocycles. The first-order chi connectivity index (χ1) is 16.6. The predicted molar refractivity (Wildman–Crippen MR) is 123 cm³/mol. The largest absolute Gasteiger partial charge is 0.454 e. The number of nitrogens with zero attached hydrogens (tertiary/aromatic N) is 2. The highest BCUT2D eigenvalue weighted by Crippen LogP contribution is 2.29. The van der Waals surface area contributed by atoms with Crippen molar-refractivity contribution in [3.63, 3.8) is 0 Å². The van der Waals surface area contributed by atoms with Gasteiger partial charge in [0.2, 0.25) is 11.8 Å². The third-order valence-corrected chi connectivity index (χ3v) is 6.57. The van der Waals surface area contributed by atoms with Crippen LogP contribution in [-0.2, 0) is 22.7 Å². The number of fused-ring (bicyclic) bond motifs is 1. The van der Waals surface area contributed by atoms with Crippen molar-refractivity contribution in [3.8, 4) is 0 Å². The van der Waals surface area contributed by atoms with Crippen molar-refractivity contribution in [2.24, 2.45) is 0 Å². The lowest BCUT2D eigenvalue weighted by atomic mass is 10.1. The summed E-state index contributed by atoms with van der Waals surface area (Å²) in [6, 6.07) is 9.95. The summed E-state index contributed by atoms with van der Waals surface area (Å²) in [5.41, 5.74) is 0.0516. The van der Waals surface area contributed by atoms with Gasteiger partial charge in [0.05, 0.1) is 10.0 Å². The maximum absolute atomic E-state index is 14.2. The minimum absolute atomic E-state index is 0.0617. The predicted octanol–water partition coefficient (Wildman–Crippen LogP) is 4.60. The lowest BCUT2D eigenvalue weighted by molar-refractivity contribution is -0.138. The average Bonchev–Trinajstić information content (AvgIpc) is 3.44. The van der Waals surface area contributed by atoms with Crippen LogP contribution in [0.15, 0.2) is 53.1 Å². The van der Waals surface area contributed by atoms with E-state index in [1.165, 1.54) is 39.8 Å². The van der Waals surface area contributed by atoms with E-state index in [2.05, 4.69) is 21.2 Å². The maximum atomic E-state index is 14.2. The fourth-order valence-electron chi connectivity index (χ4n) is 4.27. The molecule has 0 radical (unpaired) electrons. The van der Waals surface area contributed by atoms with Gasteiger partial charge in [-0.05, 0) is 40.9 Å². The molecule has 6 nitrogen and oxygen atoms in total. The van der Waals surface area contributed by atoms with Crippen LogP contribution >= 0.6 is 15.9 Å². The van der Waals surface area contributed by atoms with Gasteiger partial charge in [-0.1, -0.05) is 30.3 Å². The Labute approximate surface area is 206 Å². The van der Waals surface area contributed by atoms with Gasteiger partial charge in [-0.2, -0.15) is 13.2 Å². The molecule has 3 aromatic rings. The van der Waals surface area contributed by atoms with Crippen LogP contribution in [0.5, 0.6) is 0 Å². The molecule has 184 valence electrons. The van der Waals surface area contributed by atoms with Crippen LogP contribution in [0.3, 0.4) is 0 Å². The third-order valence-electron chi connectivity index (χ3n) is 5.96. The molecule has 1 aromatic heterocycles. The zero-order chi connectivity index (χ0) is 25.3. The third kappa shape index (κ3) is 5.09. The lowest BCUT2D eigenvalue weighted by Crippen LogP contribution is -2.46. The monoisotopic (exact) mass is 553 g/mol. The van der Waals surface area contributed by atoms with Gasteiger partial charge in [0.1, 0.15) is 18.4 Å². The number of likely N-dealkylation sites (tertiary alicyclic amines) is 1. The number of carbonyl (C=O) groups excluding carboxylic acids is 3. The minimum Gasteiger partial charge on any atom is -0.350 e. The van der Waals surface area contributed by atoms with Crippen molar-refractivity contribution in [2.75, 3.05) is 6.54 Å².